The summed E-state index contributed by atoms with van der Waals surface area (Å²) in [6, 6.07) is 13.7. The number of fused-ring (bicyclic) bond motifs is 1. The summed E-state index contributed by atoms with van der Waals surface area (Å²) in [5, 5.41) is 8.96. The molecule has 2 heterocycles. The lowest BCUT2D eigenvalue weighted by molar-refractivity contribution is 0.0239. The number of rotatable bonds is 7. The molecule has 0 saturated carbocycles. The van der Waals surface area contributed by atoms with Gasteiger partial charge in [0.1, 0.15) is 12.4 Å². The van der Waals surface area contributed by atoms with Crippen LogP contribution in [0, 0.1) is 0 Å². The lowest BCUT2D eigenvalue weighted by atomic mass is 9.73. The van der Waals surface area contributed by atoms with Gasteiger partial charge in [0.25, 0.3) is 11.8 Å². The molecule has 32 heavy (non-hydrogen) atoms. The predicted molar refractivity (Wildman–Crippen MR) is 122 cm³/mol. The van der Waals surface area contributed by atoms with E-state index in [1.54, 1.807) is 13.1 Å². The van der Waals surface area contributed by atoms with Crippen molar-refractivity contribution in [2.75, 3.05) is 39.9 Å². The molecule has 2 aromatic carbocycles. The molecule has 2 aromatic rings. The molecule has 2 amide bonds. The number of carbonyl (C=O) groups excluding carboxylic acids is 2. The van der Waals surface area contributed by atoms with E-state index < -0.39 is 5.41 Å². The minimum Gasteiger partial charge on any atom is -0.491 e. The quantitative estimate of drug-likeness (QED) is 0.618. The standard InChI is InChI=1S/C25H31N3O4/c1-3-25(18-7-5-4-6-8-18)16-32-22-20(24(30)26-2)13-17(14-21(22)25)23(29)28-10-9-19-15-27-11-12-31-19/h4-8,13-14,19,27H,3,9-12,15-16H2,1-2H3,(H,26,30)(H,28,29)/t19-,25+/m0/s1. The van der Waals surface area contributed by atoms with Crippen LogP contribution < -0.4 is 20.7 Å². The molecule has 7 heteroatoms. The molecule has 1 fully saturated rings. The van der Waals surface area contributed by atoms with E-state index in [4.69, 9.17) is 9.47 Å². The largest absolute Gasteiger partial charge is 0.491 e. The summed E-state index contributed by atoms with van der Waals surface area (Å²) in [5.41, 5.74) is 2.45. The van der Waals surface area contributed by atoms with Crippen LogP contribution in [-0.4, -0.2) is 57.8 Å². The monoisotopic (exact) mass is 437 g/mol. The van der Waals surface area contributed by atoms with Crippen molar-refractivity contribution in [2.24, 2.45) is 0 Å². The van der Waals surface area contributed by atoms with Crippen LogP contribution in [0.4, 0.5) is 0 Å². The summed E-state index contributed by atoms with van der Waals surface area (Å²) in [4.78, 5) is 25.7. The summed E-state index contributed by atoms with van der Waals surface area (Å²) in [7, 11) is 1.58. The Morgan fingerprint density at radius 3 is 2.69 bits per heavy atom. The number of hydrogen-bond donors (Lipinski definition) is 3. The minimum atomic E-state index is -0.405. The van der Waals surface area contributed by atoms with Gasteiger partial charge in [-0.05, 0) is 30.5 Å². The smallest absolute Gasteiger partial charge is 0.254 e. The van der Waals surface area contributed by atoms with Gasteiger partial charge < -0.3 is 25.4 Å². The fourth-order valence-corrected chi connectivity index (χ4v) is 4.59. The second-order valence-electron chi connectivity index (χ2n) is 8.31. The number of morpholine rings is 1. The highest BCUT2D eigenvalue weighted by Crippen LogP contribution is 2.47. The van der Waals surface area contributed by atoms with Crippen molar-refractivity contribution in [2.45, 2.75) is 31.3 Å². The zero-order valence-corrected chi connectivity index (χ0v) is 18.7. The molecule has 1 saturated heterocycles. The van der Waals surface area contributed by atoms with Crippen LogP contribution in [-0.2, 0) is 10.2 Å². The first-order valence-electron chi connectivity index (χ1n) is 11.3. The first kappa shape index (κ1) is 22.3. The van der Waals surface area contributed by atoms with Crippen molar-refractivity contribution in [3.8, 4) is 5.75 Å². The Morgan fingerprint density at radius 2 is 2.00 bits per heavy atom. The average molecular weight is 438 g/mol. The first-order valence-corrected chi connectivity index (χ1v) is 11.3. The van der Waals surface area contributed by atoms with Crippen LogP contribution in [0.3, 0.4) is 0 Å². The van der Waals surface area contributed by atoms with Gasteiger partial charge in [0.2, 0.25) is 0 Å². The number of benzene rings is 2. The van der Waals surface area contributed by atoms with E-state index in [0.29, 0.717) is 36.6 Å². The van der Waals surface area contributed by atoms with Crippen molar-refractivity contribution < 1.29 is 19.1 Å². The maximum absolute atomic E-state index is 13.0. The fraction of sp³-hybridized carbons (Fsp3) is 0.440. The van der Waals surface area contributed by atoms with Gasteiger partial charge in [-0.15, -0.1) is 0 Å². The Labute approximate surface area is 188 Å². The van der Waals surface area contributed by atoms with E-state index in [9.17, 15) is 9.59 Å². The third kappa shape index (κ3) is 4.23. The van der Waals surface area contributed by atoms with Crippen LogP contribution in [0.25, 0.3) is 0 Å². The summed E-state index contributed by atoms with van der Waals surface area (Å²) >= 11 is 0. The molecule has 7 nitrogen and oxygen atoms in total. The van der Waals surface area contributed by atoms with Crippen molar-refractivity contribution in [3.63, 3.8) is 0 Å². The molecule has 0 bridgehead atoms. The molecule has 2 atom stereocenters. The van der Waals surface area contributed by atoms with Gasteiger partial charge in [-0.2, -0.15) is 0 Å². The zero-order chi connectivity index (χ0) is 22.6. The number of nitrogens with one attached hydrogen (secondary N) is 3. The molecule has 0 unspecified atom stereocenters. The van der Waals surface area contributed by atoms with Crippen molar-refractivity contribution in [1.82, 2.24) is 16.0 Å². The lowest BCUT2D eigenvalue weighted by Crippen LogP contribution is -2.40. The van der Waals surface area contributed by atoms with Crippen LogP contribution in [0.5, 0.6) is 5.75 Å². The highest BCUT2D eigenvalue weighted by Gasteiger charge is 2.43. The molecule has 4 rings (SSSR count). The number of carbonyl (C=O) groups is 2. The lowest BCUT2D eigenvalue weighted by Gasteiger charge is -2.27. The zero-order valence-electron chi connectivity index (χ0n) is 18.7. The summed E-state index contributed by atoms with van der Waals surface area (Å²) in [5.74, 6) is 0.0949. The third-order valence-electron chi connectivity index (χ3n) is 6.49. The van der Waals surface area contributed by atoms with E-state index in [-0.39, 0.29) is 17.9 Å². The SMILES string of the molecule is CC[C@]1(c2ccccc2)COc2c(C(=O)NC)cc(C(=O)NCC[C@H]3CNCCO3)cc21. The third-order valence-corrected chi connectivity index (χ3v) is 6.49. The van der Waals surface area contributed by atoms with Crippen LogP contribution in [0.1, 0.15) is 51.6 Å². The highest BCUT2D eigenvalue weighted by molar-refractivity contribution is 6.02. The maximum atomic E-state index is 13.0. The molecule has 0 radical (unpaired) electrons. The van der Waals surface area contributed by atoms with Gasteiger partial charge in [-0.25, -0.2) is 0 Å². The van der Waals surface area contributed by atoms with Crippen molar-refractivity contribution >= 4 is 11.8 Å². The van der Waals surface area contributed by atoms with E-state index in [0.717, 1.165) is 37.1 Å². The molecule has 0 aliphatic carbocycles. The van der Waals surface area contributed by atoms with Gasteiger partial charge >= 0.3 is 0 Å². The van der Waals surface area contributed by atoms with Gasteiger partial charge in [-0.1, -0.05) is 37.3 Å². The van der Waals surface area contributed by atoms with Crippen molar-refractivity contribution in [1.29, 1.82) is 0 Å². The topological polar surface area (TPSA) is 88.7 Å². The van der Waals surface area contributed by atoms with Gasteiger partial charge in [0.05, 0.1) is 23.7 Å². The van der Waals surface area contributed by atoms with E-state index in [1.807, 2.05) is 24.3 Å². The predicted octanol–water partition coefficient (Wildman–Crippen LogP) is 2.24. The minimum absolute atomic E-state index is 0.102. The Morgan fingerprint density at radius 1 is 1.19 bits per heavy atom. The van der Waals surface area contributed by atoms with Crippen LogP contribution >= 0.6 is 0 Å². The Bertz CT molecular complexity index is 973. The molecule has 0 spiro atoms. The molecular formula is C25H31N3O4. The first-order chi connectivity index (χ1) is 15.6. The fourth-order valence-electron chi connectivity index (χ4n) is 4.59. The van der Waals surface area contributed by atoms with Crippen LogP contribution in [0.15, 0.2) is 42.5 Å². The van der Waals surface area contributed by atoms with E-state index in [2.05, 4.69) is 35.0 Å². The van der Waals surface area contributed by atoms with Gasteiger partial charge in [0.15, 0.2) is 0 Å². The Kier molecular flexibility index (Phi) is 6.77. The second-order valence-corrected chi connectivity index (χ2v) is 8.31. The Hall–Kier alpha value is -2.90. The summed E-state index contributed by atoms with van der Waals surface area (Å²) in [6.07, 6.45) is 1.62. The Balaban J connectivity index is 1.64. The second kappa shape index (κ2) is 9.71. The van der Waals surface area contributed by atoms with E-state index in [1.165, 1.54) is 0 Å². The maximum Gasteiger partial charge on any atom is 0.254 e. The summed E-state index contributed by atoms with van der Waals surface area (Å²) in [6.45, 7) is 5.40. The van der Waals surface area contributed by atoms with Crippen molar-refractivity contribution in [3.05, 3.63) is 64.7 Å². The van der Waals surface area contributed by atoms with Gasteiger partial charge in [-0.3, -0.25) is 9.59 Å². The normalized spacial score (nSPS) is 22.0. The molecule has 170 valence electrons. The van der Waals surface area contributed by atoms with E-state index >= 15 is 0 Å². The molecular weight excluding hydrogens is 406 g/mol. The number of hydrogen-bond acceptors (Lipinski definition) is 5. The molecule has 3 N–H and O–H groups in total. The number of amides is 2. The molecule has 2 aliphatic heterocycles. The average Bonchev–Trinajstić information content (AvgIpc) is 3.24. The summed E-state index contributed by atoms with van der Waals surface area (Å²) < 4.78 is 11.8. The molecule has 2 aliphatic rings. The number of ether oxygens (including phenoxy) is 2. The molecule has 0 aromatic heterocycles. The highest BCUT2D eigenvalue weighted by atomic mass is 16.5. The van der Waals surface area contributed by atoms with Crippen LogP contribution in [0.2, 0.25) is 0 Å². The van der Waals surface area contributed by atoms with Gasteiger partial charge in [0, 0.05) is 37.8 Å².